The lowest BCUT2D eigenvalue weighted by Gasteiger charge is -2.15. The van der Waals surface area contributed by atoms with E-state index in [0.717, 1.165) is 11.1 Å². The van der Waals surface area contributed by atoms with Crippen molar-refractivity contribution in [2.75, 3.05) is 12.0 Å². The third kappa shape index (κ3) is 5.39. The zero-order valence-corrected chi connectivity index (χ0v) is 21.9. The quantitative estimate of drug-likeness (QED) is 0.220. The van der Waals surface area contributed by atoms with E-state index in [1.807, 2.05) is 36.4 Å². The van der Waals surface area contributed by atoms with Crippen LogP contribution in [0.15, 0.2) is 70.0 Å². The second kappa shape index (κ2) is 10.5. The predicted octanol–water partition coefficient (Wildman–Crippen LogP) is 7.75. The Morgan fingerprint density at radius 1 is 1.12 bits per heavy atom. The van der Waals surface area contributed by atoms with Gasteiger partial charge >= 0.3 is 0 Å². The number of thioether (sulfide) groups is 1. The molecule has 33 heavy (non-hydrogen) atoms. The Morgan fingerprint density at radius 3 is 2.55 bits per heavy atom. The van der Waals surface area contributed by atoms with Gasteiger partial charge in [-0.3, -0.25) is 9.69 Å². The van der Waals surface area contributed by atoms with Crippen molar-refractivity contribution in [1.82, 2.24) is 0 Å². The zero-order chi connectivity index (χ0) is 23.5. The predicted molar refractivity (Wildman–Crippen MR) is 144 cm³/mol. The van der Waals surface area contributed by atoms with Gasteiger partial charge in [-0.2, -0.15) is 0 Å². The molecule has 1 fully saturated rings. The summed E-state index contributed by atoms with van der Waals surface area (Å²) in [6, 6.07) is 18.1. The number of nitrogens with zero attached hydrogens (tertiary/aromatic N) is 1. The van der Waals surface area contributed by atoms with Crippen LogP contribution in [-0.4, -0.2) is 17.3 Å². The highest BCUT2D eigenvalue weighted by molar-refractivity contribution is 9.10. The van der Waals surface area contributed by atoms with Crippen molar-refractivity contribution < 1.29 is 14.3 Å². The number of carbonyl (C=O) groups excluding carboxylic acids is 1. The minimum Gasteiger partial charge on any atom is -0.493 e. The second-order valence-corrected chi connectivity index (χ2v) is 10.3. The standard InChI is InChI=1S/C24H16BrCl2NO3S2/c1-30-20-11-14(10-18(25)22(20)31-13-15-4-2-3-5-19(15)27)12-21-23(29)28(24(32)33-21)17-8-6-16(26)7-9-17/h2-12H,13H2,1H3/b21-12-. The van der Waals surface area contributed by atoms with Crippen LogP contribution >= 0.6 is 63.1 Å². The Hall–Kier alpha value is -2.03. The lowest BCUT2D eigenvalue weighted by molar-refractivity contribution is -0.113. The zero-order valence-electron chi connectivity index (χ0n) is 17.2. The molecule has 1 amide bonds. The summed E-state index contributed by atoms with van der Waals surface area (Å²) in [4.78, 5) is 15.0. The number of carbonyl (C=O) groups is 1. The van der Waals surface area contributed by atoms with Crippen LogP contribution in [0.25, 0.3) is 6.08 Å². The molecule has 3 aromatic rings. The van der Waals surface area contributed by atoms with Gasteiger partial charge in [-0.05, 0) is 70.0 Å². The molecule has 0 spiro atoms. The first-order chi connectivity index (χ1) is 15.9. The SMILES string of the molecule is COc1cc(/C=C2\SC(=S)N(c3ccc(Cl)cc3)C2=O)cc(Br)c1OCc1ccccc1Cl. The Balaban J connectivity index is 1.58. The van der Waals surface area contributed by atoms with Gasteiger partial charge in [0.1, 0.15) is 6.61 Å². The van der Waals surface area contributed by atoms with E-state index in [2.05, 4.69) is 15.9 Å². The normalized spacial score (nSPS) is 14.8. The highest BCUT2D eigenvalue weighted by atomic mass is 79.9. The van der Waals surface area contributed by atoms with Crippen LogP contribution in [0.2, 0.25) is 10.0 Å². The Morgan fingerprint density at radius 2 is 1.85 bits per heavy atom. The topological polar surface area (TPSA) is 38.8 Å². The average molecular weight is 581 g/mol. The van der Waals surface area contributed by atoms with Crippen molar-refractivity contribution in [2.24, 2.45) is 0 Å². The number of rotatable bonds is 6. The number of halogens is 3. The Labute approximate surface area is 219 Å². The van der Waals surface area contributed by atoms with E-state index in [4.69, 9.17) is 44.9 Å². The van der Waals surface area contributed by atoms with E-state index in [1.165, 1.54) is 16.7 Å². The maximum Gasteiger partial charge on any atom is 0.270 e. The molecule has 0 unspecified atom stereocenters. The summed E-state index contributed by atoms with van der Waals surface area (Å²) in [6.45, 7) is 0.285. The smallest absolute Gasteiger partial charge is 0.270 e. The largest absolute Gasteiger partial charge is 0.493 e. The lowest BCUT2D eigenvalue weighted by Crippen LogP contribution is -2.27. The van der Waals surface area contributed by atoms with Crippen LogP contribution < -0.4 is 14.4 Å². The molecule has 0 aliphatic carbocycles. The summed E-state index contributed by atoms with van der Waals surface area (Å²) in [6.07, 6.45) is 1.78. The molecule has 1 saturated heterocycles. The fourth-order valence-electron chi connectivity index (χ4n) is 3.16. The van der Waals surface area contributed by atoms with Gasteiger partial charge in [-0.25, -0.2) is 0 Å². The number of anilines is 1. The van der Waals surface area contributed by atoms with Crippen molar-refractivity contribution in [1.29, 1.82) is 0 Å². The van der Waals surface area contributed by atoms with E-state index < -0.39 is 0 Å². The Kier molecular flexibility index (Phi) is 7.66. The van der Waals surface area contributed by atoms with Crippen molar-refractivity contribution in [2.45, 2.75) is 6.61 Å². The molecule has 0 bridgehead atoms. The van der Waals surface area contributed by atoms with Gasteiger partial charge < -0.3 is 9.47 Å². The van der Waals surface area contributed by atoms with Gasteiger partial charge in [0.25, 0.3) is 5.91 Å². The summed E-state index contributed by atoms with van der Waals surface area (Å²) >= 11 is 22.4. The number of methoxy groups -OCH3 is 1. The van der Waals surface area contributed by atoms with Crippen LogP contribution in [0.4, 0.5) is 5.69 Å². The summed E-state index contributed by atoms with van der Waals surface area (Å²) in [5.74, 6) is 0.876. The van der Waals surface area contributed by atoms with Gasteiger partial charge in [0.05, 0.1) is 22.2 Å². The second-order valence-electron chi connectivity index (χ2n) is 6.91. The molecule has 0 atom stereocenters. The fourth-order valence-corrected chi connectivity index (χ4v) is 5.35. The first-order valence-corrected chi connectivity index (χ1v) is 12.4. The maximum atomic E-state index is 13.0. The van der Waals surface area contributed by atoms with E-state index in [0.29, 0.717) is 40.9 Å². The first kappa shape index (κ1) is 24.1. The van der Waals surface area contributed by atoms with Crippen LogP contribution in [0.1, 0.15) is 11.1 Å². The van der Waals surface area contributed by atoms with Crippen LogP contribution in [-0.2, 0) is 11.4 Å². The Bertz CT molecular complexity index is 1270. The molecule has 4 rings (SSSR count). The fraction of sp³-hybridized carbons (Fsp3) is 0.0833. The summed E-state index contributed by atoms with van der Waals surface area (Å²) < 4.78 is 12.7. The molecule has 0 saturated carbocycles. The summed E-state index contributed by atoms with van der Waals surface area (Å²) in [7, 11) is 1.56. The van der Waals surface area contributed by atoms with Crippen LogP contribution in [0, 0.1) is 0 Å². The van der Waals surface area contributed by atoms with Gasteiger partial charge in [0, 0.05) is 15.6 Å². The number of ether oxygens (including phenoxy) is 2. The van der Waals surface area contributed by atoms with E-state index >= 15 is 0 Å². The van der Waals surface area contributed by atoms with E-state index in [-0.39, 0.29) is 12.5 Å². The van der Waals surface area contributed by atoms with Gasteiger partial charge in [0.15, 0.2) is 15.8 Å². The molecular weight excluding hydrogens is 565 g/mol. The molecule has 1 aliphatic heterocycles. The molecular formula is C24H16BrCl2NO3S2. The van der Waals surface area contributed by atoms with E-state index in [1.54, 1.807) is 37.5 Å². The molecule has 0 N–H and O–H groups in total. The van der Waals surface area contributed by atoms with Crippen LogP contribution in [0.3, 0.4) is 0 Å². The molecule has 3 aromatic carbocycles. The van der Waals surface area contributed by atoms with Gasteiger partial charge in [-0.1, -0.05) is 65.4 Å². The third-order valence-corrected chi connectivity index (χ3v) is 7.27. The number of hydrogen-bond donors (Lipinski definition) is 0. The van der Waals surface area contributed by atoms with Crippen molar-refractivity contribution in [3.63, 3.8) is 0 Å². The van der Waals surface area contributed by atoms with Crippen molar-refractivity contribution >= 4 is 85.1 Å². The number of amides is 1. The van der Waals surface area contributed by atoms with E-state index in [9.17, 15) is 4.79 Å². The highest BCUT2D eigenvalue weighted by Crippen LogP contribution is 2.40. The van der Waals surface area contributed by atoms with Crippen molar-refractivity contribution in [3.05, 3.63) is 91.2 Å². The lowest BCUT2D eigenvalue weighted by atomic mass is 10.1. The van der Waals surface area contributed by atoms with Crippen molar-refractivity contribution in [3.8, 4) is 11.5 Å². The molecule has 0 radical (unpaired) electrons. The molecule has 0 aromatic heterocycles. The molecule has 1 heterocycles. The molecule has 4 nitrogen and oxygen atoms in total. The minimum atomic E-state index is -0.193. The highest BCUT2D eigenvalue weighted by Gasteiger charge is 2.33. The van der Waals surface area contributed by atoms with Gasteiger partial charge in [0.2, 0.25) is 0 Å². The first-order valence-electron chi connectivity index (χ1n) is 9.64. The number of hydrogen-bond acceptors (Lipinski definition) is 5. The van der Waals surface area contributed by atoms with Gasteiger partial charge in [-0.15, -0.1) is 0 Å². The summed E-state index contributed by atoms with van der Waals surface area (Å²) in [5, 5.41) is 1.22. The number of thiocarbonyl (C=S) groups is 1. The average Bonchev–Trinajstić information content (AvgIpc) is 3.07. The molecule has 168 valence electrons. The summed E-state index contributed by atoms with van der Waals surface area (Å²) in [5.41, 5.74) is 2.30. The molecule has 9 heteroatoms. The maximum absolute atomic E-state index is 13.0. The van der Waals surface area contributed by atoms with Crippen LogP contribution in [0.5, 0.6) is 11.5 Å². The minimum absolute atomic E-state index is 0.193. The third-order valence-electron chi connectivity index (χ3n) is 4.76. The number of benzene rings is 3. The molecule has 1 aliphatic rings. The monoisotopic (exact) mass is 579 g/mol.